The van der Waals surface area contributed by atoms with E-state index in [4.69, 9.17) is 10.5 Å². The normalized spacial score (nSPS) is 15.9. The van der Waals surface area contributed by atoms with E-state index >= 15 is 0 Å². The Morgan fingerprint density at radius 1 is 1.33 bits per heavy atom. The van der Waals surface area contributed by atoms with Gasteiger partial charge in [0.1, 0.15) is 12.4 Å². The summed E-state index contributed by atoms with van der Waals surface area (Å²) in [7, 11) is 0. The van der Waals surface area contributed by atoms with Crippen LogP contribution in [0.2, 0.25) is 0 Å². The number of benzene rings is 1. The van der Waals surface area contributed by atoms with Crippen molar-refractivity contribution < 1.29 is 9.53 Å². The summed E-state index contributed by atoms with van der Waals surface area (Å²) < 4.78 is 5.87. The first-order chi connectivity index (χ1) is 11.0. The molecule has 0 aliphatic carbocycles. The van der Waals surface area contributed by atoms with Crippen molar-refractivity contribution in [2.45, 2.75) is 39.7 Å². The second-order valence-corrected chi connectivity index (χ2v) is 6.64. The van der Waals surface area contributed by atoms with Crippen LogP contribution in [0, 0.1) is 12.8 Å². The van der Waals surface area contributed by atoms with Crippen molar-refractivity contribution in [2.75, 3.05) is 31.6 Å². The second-order valence-electron chi connectivity index (χ2n) is 6.64. The molecule has 0 radical (unpaired) electrons. The molecule has 0 spiro atoms. The lowest BCUT2D eigenvalue weighted by molar-refractivity contribution is -0.118. The van der Waals surface area contributed by atoms with Gasteiger partial charge in [0.05, 0.1) is 6.04 Å². The summed E-state index contributed by atoms with van der Waals surface area (Å²) in [4.78, 5) is 14.4. The SMILES string of the molecule is Cc1cc(NC(=O)[C@@H](N)C(C)C)ccc1OCCN1CCCC1.Cl. The number of likely N-dealkylation sites (tertiary alicyclic amines) is 1. The monoisotopic (exact) mass is 355 g/mol. The van der Waals surface area contributed by atoms with E-state index < -0.39 is 6.04 Å². The highest BCUT2D eigenvalue weighted by atomic mass is 35.5. The number of nitrogens with zero attached hydrogens (tertiary/aromatic N) is 1. The van der Waals surface area contributed by atoms with Gasteiger partial charge in [-0.2, -0.15) is 0 Å². The van der Waals surface area contributed by atoms with Gasteiger partial charge < -0.3 is 15.8 Å². The Bertz CT molecular complexity index is 531. The minimum atomic E-state index is -0.494. The maximum atomic E-state index is 12.0. The quantitative estimate of drug-likeness (QED) is 0.789. The molecule has 1 amide bonds. The summed E-state index contributed by atoms with van der Waals surface area (Å²) in [5.74, 6) is 0.835. The number of hydrogen-bond donors (Lipinski definition) is 2. The molecule has 1 fully saturated rings. The zero-order valence-electron chi connectivity index (χ0n) is 14.9. The molecule has 3 N–H and O–H groups in total. The molecule has 5 nitrogen and oxygen atoms in total. The highest BCUT2D eigenvalue weighted by Gasteiger charge is 2.17. The van der Waals surface area contributed by atoms with E-state index in [1.54, 1.807) is 0 Å². The van der Waals surface area contributed by atoms with Gasteiger partial charge in [-0.3, -0.25) is 9.69 Å². The fraction of sp³-hybridized carbons (Fsp3) is 0.611. The number of anilines is 1. The molecular weight excluding hydrogens is 326 g/mol. The van der Waals surface area contributed by atoms with Crippen molar-refractivity contribution in [3.63, 3.8) is 0 Å². The minimum Gasteiger partial charge on any atom is -0.492 e. The van der Waals surface area contributed by atoms with E-state index in [1.807, 2.05) is 39.0 Å². The number of carbonyl (C=O) groups excluding carboxylic acids is 1. The molecule has 0 saturated carbocycles. The number of amides is 1. The molecule has 0 unspecified atom stereocenters. The Hall–Kier alpha value is -1.30. The Kier molecular flexibility index (Phi) is 8.53. The largest absolute Gasteiger partial charge is 0.492 e. The molecule has 1 aliphatic rings. The fourth-order valence-electron chi connectivity index (χ4n) is 2.71. The first kappa shape index (κ1) is 20.7. The summed E-state index contributed by atoms with van der Waals surface area (Å²) in [6.45, 7) is 9.90. The van der Waals surface area contributed by atoms with Gasteiger partial charge in [0.15, 0.2) is 0 Å². The molecule has 136 valence electrons. The lowest BCUT2D eigenvalue weighted by Crippen LogP contribution is -2.39. The number of nitrogens with one attached hydrogen (secondary N) is 1. The number of halogens is 1. The summed E-state index contributed by atoms with van der Waals surface area (Å²) in [5.41, 5.74) is 7.64. The standard InChI is InChI=1S/C18H29N3O2.ClH/c1-13(2)17(19)18(22)20-15-6-7-16(14(3)12-15)23-11-10-21-8-4-5-9-21;/h6-7,12-13,17H,4-5,8-11,19H2,1-3H3,(H,20,22);1H/t17-;/m0./s1. The van der Waals surface area contributed by atoms with E-state index in [0.29, 0.717) is 6.61 Å². The number of carbonyl (C=O) groups is 1. The van der Waals surface area contributed by atoms with E-state index in [9.17, 15) is 4.79 Å². The molecule has 0 aromatic heterocycles. The number of nitrogens with two attached hydrogens (primary N) is 1. The number of rotatable bonds is 7. The highest BCUT2D eigenvalue weighted by Crippen LogP contribution is 2.22. The van der Waals surface area contributed by atoms with E-state index in [2.05, 4.69) is 10.2 Å². The van der Waals surface area contributed by atoms with Gasteiger partial charge in [0.25, 0.3) is 0 Å². The van der Waals surface area contributed by atoms with E-state index in [0.717, 1.165) is 23.5 Å². The third kappa shape index (κ3) is 5.96. The Balaban J connectivity index is 0.00000288. The molecule has 1 aromatic carbocycles. The fourth-order valence-corrected chi connectivity index (χ4v) is 2.71. The van der Waals surface area contributed by atoms with Gasteiger partial charge in [-0.15, -0.1) is 12.4 Å². The van der Waals surface area contributed by atoms with Crippen LogP contribution >= 0.6 is 12.4 Å². The predicted octanol–water partition coefficient (Wildman–Crippen LogP) is 2.81. The van der Waals surface area contributed by atoms with Crippen molar-refractivity contribution in [2.24, 2.45) is 11.7 Å². The van der Waals surface area contributed by atoms with Gasteiger partial charge >= 0.3 is 0 Å². The van der Waals surface area contributed by atoms with E-state index in [1.165, 1.54) is 25.9 Å². The zero-order valence-corrected chi connectivity index (χ0v) is 15.7. The lowest BCUT2D eigenvalue weighted by Gasteiger charge is -2.17. The van der Waals surface area contributed by atoms with E-state index in [-0.39, 0.29) is 24.2 Å². The topological polar surface area (TPSA) is 67.6 Å². The van der Waals surface area contributed by atoms with Crippen LogP contribution in [0.5, 0.6) is 5.75 Å². The molecule has 6 heteroatoms. The van der Waals surface area contributed by atoms with Crippen molar-refractivity contribution >= 4 is 24.0 Å². The van der Waals surface area contributed by atoms with Gasteiger partial charge in [-0.05, 0) is 62.5 Å². The molecule has 2 rings (SSSR count). The zero-order chi connectivity index (χ0) is 16.8. The van der Waals surface area contributed by atoms with Crippen LogP contribution in [-0.4, -0.2) is 43.1 Å². The summed E-state index contributed by atoms with van der Waals surface area (Å²) >= 11 is 0. The van der Waals surface area contributed by atoms with Crippen molar-refractivity contribution in [1.29, 1.82) is 0 Å². The molecule has 1 aromatic rings. The Labute approximate surface area is 151 Å². The highest BCUT2D eigenvalue weighted by molar-refractivity contribution is 5.95. The van der Waals surface area contributed by atoms with Gasteiger partial charge in [-0.1, -0.05) is 13.8 Å². The average Bonchev–Trinajstić information content (AvgIpc) is 3.01. The molecule has 1 heterocycles. The molecule has 1 atom stereocenters. The third-order valence-electron chi connectivity index (χ3n) is 4.33. The van der Waals surface area contributed by atoms with Crippen molar-refractivity contribution in [3.05, 3.63) is 23.8 Å². The first-order valence-electron chi connectivity index (χ1n) is 8.49. The van der Waals surface area contributed by atoms with Crippen LogP contribution in [0.3, 0.4) is 0 Å². The number of aryl methyl sites for hydroxylation is 1. The predicted molar refractivity (Wildman–Crippen MR) is 101 cm³/mol. The number of hydrogen-bond acceptors (Lipinski definition) is 4. The summed E-state index contributed by atoms with van der Waals surface area (Å²) in [5, 5.41) is 2.86. The first-order valence-corrected chi connectivity index (χ1v) is 8.49. The molecule has 1 saturated heterocycles. The van der Waals surface area contributed by atoms with Crippen LogP contribution in [0.15, 0.2) is 18.2 Å². The van der Waals surface area contributed by atoms with Gasteiger partial charge in [0, 0.05) is 12.2 Å². The van der Waals surface area contributed by atoms with Gasteiger partial charge in [0.2, 0.25) is 5.91 Å². The number of ether oxygens (including phenoxy) is 1. The third-order valence-corrected chi connectivity index (χ3v) is 4.33. The minimum absolute atomic E-state index is 0. The van der Waals surface area contributed by atoms with Crippen LogP contribution in [-0.2, 0) is 4.79 Å². The van der Waals surface area contributed by atoms with Gasteiger partial charge in [-0.25, -0.2) is 0 Å². The maximum absolute atomic E-state index is 12.0. The smallest absolute Gasteiger partial charge is 0.241 e. The van der Waals surface area contributed by atoms with Crippen LogP contribution < -0.4 is 15.8 Å². The molecule has 24 heavy (non-hydrogen) atoms. The van der Waals surface area contributed by atoms with Crippen LogP contribution in [0.1, 0.15) is 32.3 Å². The van der Waals surface area contributed by atoms with Crippen LogP contribution in [0.4, 0.5) is 5.69 Å². The lowest BCUT2D eigenvalue weighted by atomic mass is 10.0. The summed E-state index contributed by atoms with van der Waals surface area (Å²) in [6, 6.07) is 5.21. The molecule has 0 bridgehead atoms. The molecular formula is C18H30ClN3O2. The maximum Gasteiger partial charge on any atom is 0.241 e. The Morgan fingerprint density at radius 2 is 2.00 bits per heavy atom. The van der Waals surface area contributed by atoms with Crippen LogP contribution in [0.25, 0.3) is 0 Å². The average molecular weight is 356 g/mol. The van der Waals surface area contributed by atoms with Crippen molar-refractivity contribution in [3.8, 4) is 5.75 Å². The molecule has 1 aliphatic heterocycles. The Morgan fingerprint density at radius 3 is 2.58 bits per heavy atom. The summed E-state index contributed by atoms with van der Waals surface area (Å²) in [6.07, 6.45) is 2.60. The second kappa shape index (κ2) is 9.87. The van der Waals surface area contributed by atoms with Crippen molar-refractivity contribution in [1.82, 2.24) is 4.90 Å².